The quantitative estimate of drug-likeness (QED) is 0.206. The Morgan fingerprint density at radius 1 is 0.771 bits per heavy atom. The van der Waals surface area contributed by atoms with Gasteiger partial charge in [0.2, 0.25) is 0 Å². The molecule has 182 valence electrons. The number of aromatic nitrogens is 2. The van der Waals surface area contributed by atoms with Crippen LogP contribution in [0.4, 0.5) is 0 Å². The summed E-state index contributed by atoms with van der Waals surface area (Å²) < 4.78 is 29.9. The minimum Gasteiger partial charge on any atom is -0.354 e. The van der Waals surface area contributed by atoms with Gasteiger partial charge in [-0.2, -0.15) is 8.42 Å². The highest BCUT2D eigenvalue weighted by Crippen LogP contribution is 2.24. The van der Waals surface area contributed by atoms with Crippen molar-refractivity contribution in [3.8, 4) is 0 Å². The van der Waals surface area contributed by atoms with Crippen LogP contribution in [0.25, 0.3) is 43.6 Å². The van der Waals surface area contributed by atoms with Gasteiger partial charge in [-0.25, -0.2) is 0 Å². The second kappa shape index (κ2) is 10.0. The smallest absolute Gasteiger partial charge is 0.267 e. The van der Waals surface area contributed by atoms with Crippen LogP contribution < -0.4 is 10.9 Å². The van der Waals surface area contributed by atoms with Crippen LogP contribution in [-0.4, -0.2) is 30.8 Å². The molecule has 0 aliphatic rings. The number of pyridine rings is 2. The highest BCUT2D eigenvalue weighted by atomic mass is 32.2. The first-order valence-electron chi connectivity index (χ1n) is 11.7. The standard InChI is InChI=1S/C25H22N2O5S.C2H6/c1-32-33(30,31)13-7-6-12-27-22-11-5-3-9-17(22)25(29)19-14-21-18(15-23(19)27)24(28)16-8-2-4-10-20(16)26-21;1-2/h2-5,8-11,14-15H,6-7,12-13H2,1H3,(H,26,28);1-2H3. The maximum Gasteiger partial charge on any atom is 0.267 e. The first-order chi connectivity index (χ1) is 16.9. The van der Waals surface area contributed by atoms with Gasteiger partial charge in [-0.15, -0.1) is 0 Å². The molecule has 3 aromatic carbocycles. The van der Waals surface area contributed by atoms with E-state index in [0.717, 1.165) is 18.1 Å². The number of benzene rings is 3. The SMILES string of the molecule is CC.COS(=O)(=O)CCCCn1c2ccccc2c(=O)c2cc3[nH]c4ccccc4c(=O)c3cc21. The third kappa shape index (κ3) is 4.59. The zero-order valence-electron chi connectivity index (χ0n) is 20.0. The number of aryl methyl sites for hydroxylation is 1. The summed E-state index contributed by atoms with van der Waals surface area (Å²) in [5.41, 5.74) is 2.53. The molecule has 5 aromatic rings. The second-order valence-corrected chi connectivity index (χ2v) is 9.91. The monoisotopic (exact) mass is 492 g/mol. The number of nitrogens with one attached hydrogen (secondary N) is 1. The molecule has 0 aliphatic carbocycles. The molecule has 8 heteroatoms. The van der Waals surface area contributed by atoms with E-state index in [9.17, 15) is 18.0 Å². The number of H-pyrrole nitrogens is 1. The van der Waals surface area contributed by atoms with Gasteiger partial charge in [0.1, 0.15) is 0 Å². The lowest BCUT2D eigenvalue weighted by molar-refractivity contribution is 0.396. The molecule has 2 heterocycles. The normalized spacial score (nSPS) is 11.7. The number of rotatable bonds is 6. The van der Waals surface area contributed by atoms with Crippen molar-refractivity contribution in [2.24, 2.45) is 0 Å². The minimum atomic E-state index is -3.53. The Kier molecular flexibility index (Phi) is 7.05. The molecule has 5 rings (SSSR count). The fourth-order valence-electron chi connectivity index (χ4n) is 4.41. The lowest BCUT2D eigenvalue weighted by Crippen LogP contribution is -2.14. The zero-order valence-corrected chi connectivity index (χ0v) is 20.8. The predicted octanol–water partition coefficient (Wildman–Crippen LogP) is 4.93. The number of unbranched alkanes of at least 4 members (excludes halogenated alkanes) is 1. The summed E-state index contributed by atoms with van der Waals surface area (Å²) in [7, 11) is -2.37. The fourth-order valence-corrected chi connectivity index (χ4v) is 5.14. The third-order valence-corrected chi connectivity index (χ3v) is 7.37. The molecule has 0 spiro atoms. The number of hydrogen-bond acceptors (Lipinski definition) is 5. The summed E-state index contributed by atoms with van der Waals surface area (Å²) in [6.07, 6.45) is 0.980. The largest absolute Gasteiger partial charge is 0.354 e. The summed E-state index contributed by atoms with van der Waals surface area (Å²) in [6.45, 7) is 4.49. The van der Waals surface area contributed by atoms with Crippen LogP contribution in [0, 0.1) is 0 Å². The van der Waals surface area contributed by atoms with Gasteiger partial charge in [-0.1, -0.05) is 38.1 Å². The van der Waals surface area contributed by atoms with E-state index in [2.05, 4.69) is 9.17 Å². The summed E-state index contributed by atoms with van der Waals surface area (Å²) in [5, 5.41) is 2.18. The van der Waals surface area contributed by atoms with Crippen molar-refractivity contribution in [1.29, 1.82) is 0 Å². The maximum atomic E-state index is 13.3. The molecule has 0 amide bonds. The minimum absolute atomic E-state index is 0.0752. The van der Waals surface area contributed by atoms with E-state index in [1.54, 1.807) is 24.3 Å². The molecule has 0 saturated heterocycles. The Morgan fingerprint density at radius 3 is 2.17 bits per heavy atom. The first kappa shape index (κ1) is 24.6. The van der Waals surface area contributed by atoms with Gasteiger partial charge in [-0.05, 0) is 49.2 Å². The van der Waals surface area contributed by atoms with E-state index >= 15 is 0 Å². The predicted molar refractivity (Wildman–Crippen MR) is 143 cm³/mol. The Morgan fingerprint density at radius 2 is 1.43 bits per heavy atom. The van der Waals surface area contributed by atoms with Crippen LogP contribution in [0.15, 0.2) is 70.3 Å². The number of hydrogen-bond donors (Lipinski definition) is 1. The third-order valence-electron chi connectivity index (χ3n) is 6.08. The van der Waals surface area contributed by atoms with Crippen LogP contribution in [-0.2, 0) is 20.8 Å². The van der Waals surface area contributed by atoms with E-state index < -0.39 is 10.1 Å². The van der Waals surface area contributed by atoms with Gasteiger partial charge in [0.05, 0.1) is 29.4 Å². The Balaban J connectivity index is 0.00000141. The average Bonchev–Trinajstić information content (AvgIpc) is 2.89. The number of nitrogens with zero attached hydrogens (tertiary/aromatic N) is 1. The van der Waals surface area contributed by atoms with E-state index in [1.807, 2.05) is 54.8 Å². The molecule has 1 N–H and O–H groups in total. The molecule has 2 aromatic heterocycles. The Bertz CT molecular complexity index is 1770. The van der Waals surface area contributed by atoms with Crippen LogP contribution in [0.1, 0.15) is 26.7 Å². The number of aromatic amines is 1. The molecule has 0 unspecified atom stereocenters. The molecule has 0 atom stereocenters. The van der Waals surface area contributed by atoms with Gasteiger partial charge < -0.3 is 9.55 Å². The molecular weight excluding hydrogens is 464 g/mol. The fraction of sp³-hybridized carbons (Fsp3) is 0.259. The molecule has 0 radical (unpaired) electrons. The molecule has 0 bridgehead atoms. The van der Waals surface area contributed by atoms with Crippen LogP contribution in [0.5, 0.6) is 0 Å². The Hall–Kier alpha value is -3.49. The van der Waals surface area contributed by atoms with Gasteiger partial charge in [0, 0.05) is 33.6 Å². The van der Waals surface area contributed by atoms with Crippen molar-refractivity contribution in [2.75, 3.05) is 12.9 Å². The highest BCUT2D eigenvalue weighted by Gasteiger charge is 2.15. The lowest BCUT2D eigenvalue weighted by atomic mass is 10.0. The maximum absolute atomic E-state index is 13.3. The summed E-state index contributed by atoms with van der Waals surface area (Å²) in [4.78, 5) is 29.8. The van der Waals surface area contributed by atoms with Gasteiger partial charge in [0.25, 0.3) is 10.1 Å². The highest BCUT2D eigenvalue weighted by molar-refractivity contribution is 7.86. The van der Waals surface area contributed by atoms with Crippen LogP contribution in [0.3, 0.4) is 0 Å². The second-order valence-electron chi connectivity index (χ2n) is 8.05. The van der Waals surface area contributed by atoms with E-state index in [4.69, 9.17) is 0 Å². The topological polar surface area (TPSA) is 98.2 Å². The summed E-state index contributed by atoms with van der Waals surface area (Å²) in [5.74, 6) is -0.0752. The molecule has 0 saturated carbocycles. The Labute approximate surface area is 203 Å². The van der Waals surface area contributed by atoms with Gasteiger partial charge in [-0.3, -0.25) is 13.8 Å². The molecule has 0 fully saturated rings. The summed E-state index contributed by atoms with van der Waals surface area (Å²) >= 11 is 0. The molecule has 35 heavy (non-hydrogen) atoms. The molecule has 0 aliphatic heterocycles. The van der Waals surface area contributed by atoms with E-state index in [-0.39, 0.29) is 16.6 Å². The zero-order chi connectivity index (χ0) is 25.2. The first-order valence-corrected chi connectivity index (χ1v) is 13.3. The number of para-hydroxylation sites is 2. The van der Waals surface area contributed by atoms with Crippen molar-refractivity contribution in [3.63, 3.8) is 0 Å². The van der Waals surface area contributed by atoms with Crippen molar-refractivity contribution < 1.29 is 12.6 Å². The van der Waals surface area contributed by atoms with Crippen molar-refractivity contribution in [2.45, 2.75) is 33.2 Å². The molecular formula is C27H28N2O5S. The van der Waals surface area contributed by atoms with Crippen LogP contribution >= 0.6 is 0 Å². The van der Waals surface area contributed by atoms with Crippen molar-refractivity contribution in [3.05, 3.63) is 81.1 Å². The summed E-state index contributed by atoms with van der Waals surface area (Å²) in [6, 6.07) is 18.2. The number of fused-ring (bicyclic) bond motifs is 4. The van der Waals surface area contributed by atoms with Crippen molar-refractivity contribution >= 4 is 53.7 Å². The lowest BCUT2D eigenvalue weighted by Gasteiger charge is -2.16. The van der Waals surface area contributed by atoms with Gasteiger partial charge >= 0.3 is 0 Å². The van der Waals surface area contributed by atoms with Gasteiger partial charge in [0.15, 0.2) is 10.9 Å². The van der Waals surface area contributed by atoms with Crippen molar-refractivity contribution in [1.82, 2.24) is 9.55 Å². The van der Waals surface area contributed by atoms with Crippen LogP contribution in [0.2, 0.25) is 0 Å². The van der Waals surface area contributed by atoms with E-state index in [1.165, 1.54) is 0 Å². The average molecular weight is 493 g/mol. The molecule has 7 nitrogen and oxygen atoms in total. The van der Waals surface area contributed by atoms with E-state index in [0.29, 0.717) is 52.0 Å².